The molecule has 0 amide bonds. The Kier molecular flexibility index (Phi) is 11.1. The van der Waals surface area contributed by atoms with Crippen LogP contribution in [0.2, 0.25) is 0 Å². The van der Waals surface area contributed by atoms with E-state index in [1.165, 1.54) is 48.6 Å². The van der Waals surface area contributed by atoms with Crippen LogP contribution in [0.1, 0.15) is 31.8 Å². The molecule has 0 spiro atoms. The maximum absolute atomic E-state index is 11.9. The molecular formula is C30H20N4NaO12. The Bertz CT molecular complexity index is 1830. The van der Waals surface area contributed by atoms with Crippen molar-refractivity contribution in [1.82, 2.24) is 0 Å². The van der Waals surface area contributed by atoms with Crippen molar-refractivity contribution in [2.24, 2.45) is 10.2 Å². The van der Waals surface area contributed by atoms with Gasteiger partial charge in [-0.3, -0.25) is 20.4 Å². The molecule has 0 unspecified atom stereocenters. The van der Waals surface area contributed by atoms with Gasteiger partial charge in [-0.05, 0) is 35.4 Å². The van der Waals surface area contributed by atoms with Gasteiger partial charge in [-0.2, -0.15) is 10.2 Å². The van der Waals surface area contributed by atoms with Crippen molar-refractivity contribution in [1.29, 1.82) is 0 Å². The van der Waals surface area contributed by atoms with Gasteiger partial charge in [0.25, 0.3) is 0 Å². The predicted molar refractivity (Wildman–Crippen MR) is 166 cm³/mol. The second kappa shape index (κ2) is 14.8. The van der Waals surface area contributed by atoms with Gasteiger partial charge in [-0.25, -0.2) is 19.2 Å². The molecule has 16 nitrogen and oxygen atoms in total. The van der Waals surface area contributed by atoms with Crippen molar-refractivity contribution >= 4 is 100.0 Å². The average Bonchev–Trinajstić information content (AvgIpc) is 2.98. The number of carboxylic acids is 4. The minimum Gasteiger partial charge on any atom is -0.505 e. The van der Waals surface area contributed by atoms with Crippen LogP contribution in [0.25, 0.3) is 12.2 Å². The maximum Gasteiger partial charge on any atom is 0.338 e. The Labute approximate surface area is 285 Å². The molecule has 0 fully saturated rings. The summed E-state index contributed by atoms with van der Waals surface area (Å²) in [5.41, 5.74) is 2.49. The molecule has 0 aromatic heterocycles. The third kappa shape index (κ3) is 8.34. The summed E-state index contributed by atoms with van der Waals surface area (Å²) in [6, 6.07) is 8.02. The number of hydrazone groups is 2. The van der Waals surface area contributed by atoms with Gasteiger partial charge < -0.3 is 30.6 Å². The first-order valence-corrected chi connectivity index (χ1v) is 12.7. The zero-order chi connectivity index (χ0) is 33.7. The van der Waals surface area contributed by atoms with Gasteiger partial charge in [-0.15, -0.1) is 0 Å². The largest absolute Gasteiger partial charge is 0.505 e. The van der Waals surface area contributed by atoms with Crippen LogP contribution in [0, 0.1) is 0 Å². The summed E-state index contributed by atoms with van der Waals surface area (Å²) in [5, 5.41) is 65.6. The first kappa shape index (κ1) is 35.4. The van der Waals surface area contributed by atoms with Crippen molar-refractivity contribution in [3.05, 3.63) is 106 Å². The molecule has 0 atom stereocenters. The Hall–Kier alpha value is -6.10. The number of carbonyl (C=O) groups excluding carboxylic acids is 2. The van der Waals surface area contributed by atoms with E-state index in [0.29, 0.717) is 11.1 Å². The SMILES string of the molecule is O=C1C=C(O)C(=NNc2ccc(C=Cc3ccc(NN=C4C(O)=CC(=O)C=C4C(=O)O)c(C(=O)O)c3)cc2C(=O)O)C(C(=O)O)=C1.[Na]. The second-order valence-electron chi connectivity index (χ2n) is 9.29. The maximum atomic E-state index is 11.9. The number of carboxylic acid groups (broad SMARTS) is 4. The topological polar surface area (TPSA) is 273 Å². The van der Waals surface area contributed by atoms with Gasteiger partial charge in [0, 0.05) is 53.9 Å². The van der Waals surface area contributed by atoms with Crippen LogP contribution < -0.4 is 10.9 Å². The van der Waals surface area contributed by atoms with Crippen molar-refractivity contribution in [2.75, 3.05) is 10.9 Å². The van der Waals surface area contributed by atoms with Crippen LogP contribution >= 0.6 is 0 Å². The average molecular weight is 651 g/mol. The van der Waals surface area contributed by atoms with Gasteiger partial charge >= 0.3 is 23.9 Å². The van der Waals surface area contributed by atoms with E-state index in [1.807, 2.05) is 0 Å². The first-order chi connectivity index (χ1) is 21.7. The fraction of sp³-hybridized carbons (Fsp3) is 0. The molecule has 0 saturated heterocycles. The van der Waals surface area contributed by atoms with Gasteiger partial charge in [0.15, 0.2) is 11.6 Å². The number of hydrogen-bond donors (Lipinski definition) is 8. The number of carbonyl (C=O) groups is 6. The second-order valence-corrected chi connectivity index (χ2v) is 9.29. The molecule has 233 valence electrons. The summed E-state index contributed by atoms with van der Waals surface area (Å²) in [6.07, 6.45) is 5.92. The van der Waals surface area contributed by atoms with E-state index in [4.69, 9.17) is 0 Å². The summed E-state index contributed by atoms with van der Waals surface area (Å²) in [6.45, 7) is 0. The number of aliphatic hydroxyl groups excluding tert-OH is 2. The predicted octanol–water partition coefficient (Wildman–Crippen LogP) is 2.48. The molecule has 0 saturated carbocycles. The number of ketones is 2. The molecule has 2 aliphatic rings. The summed E-state index contributed by atoms with van der Waals surface area (Å²) in [4.78, 5) is 69.9. The number of aromatic carboxylic acids is 2. The van der Waals surface area contributed by atoms with Crippen LogP contribution in [0.3, 0.4) is 0 Å². The van der Waals surface area contributed by atoms with Crippen molar-refractivity contribution < 1.29 is 59.4 Å². The molecule has 0 heterocycles. The molecule has 17 heteroatoms. The number of allylic oxidation sites excluding steroid dienone is 6. The van der Waals surface area contributed by atoms with Crippen LogP contribution in [-0.2, 0) is 19.2 Å². The van der Waals surface area contributed by atoms with Crippen LogP contribution in [0.4, 0.5) is 11.4 Å². The molecule has 47 heavy (non-hydrogen) atoms. The van der Waals surface area contributed by atoms with E-state index in [0.717, 1.165) is 24.3 Å². The molecule has 8 N–H and O–H groups in total. The van der Waals surface area contributed by atoms with E-state index < -0.39 is 69.5 Å². The molecule has 2 aromatic rings. The van der Waals surface area contributed by atoms with Crippen molar-refractivity contribution in [3.8, 4) is 0 Å². The number of nitrogens with zero attached hydrogens (tertiary/aromatic N) is 2. The number of aliphatic carboxylic acids is 2. The van der Waals surface area contributed by atoms with Gasteiger partial charge in [0.05, 0.1) is 33.6 Å². The number of rotatable bonds is 10. The number of anilines is 2. The Morgan fingerprint density at radius 1 is 0.574 bits per heavy atom. The van der Waals surface area contributed by atoms with E-state index >= 15 is 0 Å². The zero-order valence-corrected chi connectivity index (χ0v) is 26.0. The molecule has 0 bridgehead atoms. The van der Waals surface area contributed by atoms with Crippen molar-refractivity contribution in [2.45, 2.75) is 0 Å². The summed E-state index contributed by atoms with van der Waals surface area (Å²) < 4.78 is 0. The smallest absolute Gasteiger partial charge is 0.338 e. The molecular weight excluding hydrogens is 631 g/mol. The fourth-order valence-corrected chi connectivity index (χ4v) is 4.05. The van der Waals surface area contributed by atoms with E-state index in [2.05, 4.69) is 21.1 Å². The molecule has 0 aliphatic heterocycles. The van der Waals surface area contributed by atoms with Gasteiger partial charge in [-0.1, -0.05) is 24.3 Å². The fourth-order valence-electron chi connectivity index (χ4n) is 4.05. The Balaban J connectivity index is 0.00000600. The summed E-state index contributed by atoms with van der Waals surface area (Å²) in [5.74, 6) is -8.86. The van der Waals surface area contributed by atoms with Gasteiger partial charge in [0.1, 0.15) is 22.9 Å². The molecule has 2 aromatic carbocycles. The quantitative estimate of drug-likeness (QED) is 0.0794. The zero-order valence-electron chi connectivity index (χ0n) is 24.0. The normalized spacial score (nSPS) is 16.1. The number of hydrogen-bond acceptors (Lipinski definition) is 12. The van der Waals surface area contributed by atoms with Crippen LogP contribution in [0.15, 0.2) is 93.6 Å². The van der Waals surface area contributed by atoms with Crippen LogP contribution in [-0.4, -0.2) is 107 Å². The molecule has 2 aliphatic carbocycles. The minimum absolute atomic E-state index is 0. The number of nitrogens with one attached hydrogen (secondary N) is 2. The third-order valence-corrected chi connectivity index (χ3v) is 6.18. The minimum atomic E-state index is -1.54. The van der Waals surface area contributed by atoms with Crippen LogP contribution in [0.5, 0.6) is 0 Å². The van der Waals surface area contributed by atoms with Crippen molar-refractivity contribution in [3.63, 3.8) is 0 Å². The Morgan fingerprint density at radius 2 is 0.936 bits per heavy atom. The standard InChI is InChI=1S/C30H20N4O12.Na/c35-15-9-19(29(43)44)25(23(37)11-15)33-31-21-5-3-13(7-17(21)27(39)40)1-2-14-4-6-22(18(8-14)28(41)42)32-34-26-20(30(45)46)10-16(36)12-24(26)38;/h1-12,31-32,37-38H,(H,39,40)(H,41,42)(H,43,44)(H,45,46);. The summed E-state index contributed by atoms with van der Waals surface area (Å²) >= 11 is 0. The number of aliphatic hydroxyl groups is 2. The van der Waals surface area contributed by atoms with Gasteiger partial charge in [0.2, 0.25) is 0 Å². The Morgan fingerprint density at radius 3 is 1.26 bits per heavy atom. The van der Waals surface area contributed by atoms with E-state index in [1.54, 1.807) is 0 Å². The molecule has 4 rings (SSSR count). The molecule has 1 radical (unpaired) electrons. The first-order valence-electron chi connectivity index (χ1n) is 12.7. The summed E-state index contributed by atoms with van der Waals surface area (Å²) in [7, 11) is 0. The van der Waals surface area contributed by atoms with E-state index in [9.17, 15) is 59.4 Å². The monoisotopic (exact) mass is 651 g/mol. The van der Waals surface area contributed by atoms with E-state index in [-0.39, 0.29) is 52.1 Å². The number of benzene rings is 2. The third-order valence-electron chi connectivity index (χ3n) is 6.18.